The van der Waals surface area contributed by atoms with E-state index in [1.54, 1.807) is 0 Å². The minimum atomic E-state index is 0.261. The zero-order valence-corrected chi connectivity index (χ0v) is 14.3. The van der Waals surface area contributed by atoms with Crippen LogP contribution in [0.4, 0.5) is 0 Å². The second kappa shape index (κ2) is 6.17. The zero-order chi connectivity index (χ0) is 14.9. The van der Waals surface area contributed by atoms with E-state index in [-0.39, 0.29) is 11.1 Å². The quantitative estimate of drug-likeness (QED) is 0.864. The smallest absolute Gasteiger partial charge is 0.0710 e. The predicted octanol–water partition coefficient (Wildman–Crippen LogP) is 3.33. The molecular weight excluding hydrogens is 260 g/mol. The molecule has 2 atom stereocenters. The average molecular weight is 294 g/mol. The molecule has 1 aliphatic carbocycles. The van der Waals surface area contributed by atoms with Gasteiger partial charge in [-0.3, -0.25) is 4.90 Å². The van der Waals surface area contributed by atoms with E-state index in [0.29, 0.717) is 12.1 Å². The molecule has 0 aromatic rings. The minimum Gasteiger partial charge on any atom is -0.370 e. The molecule has 122 valence electrons. The standard InChI is InChI=1S/C18H34N2O/c1-4-15-12-20(17(2,3)14-19-15)13-16-8-11-18(21-16)9-6-5-7-10-18/h15-16,19H,4-14H2,1-3H3. The number of hydrogen-bond acceptors (Lipinski definition) is 3. The van der Waals surface area contributed by atoms with E-state index in [0.717, 1.165) is 13.1 Å². The third kappa shape index (κ3) is 3.46. The summed E-state index contributed by atoms with van der Waals surface area (Å²) >= 11 is 0. The van der Waals surface area contributed by atoms with Gasteiger partial charge in [-0.25, -0.2) is 0 Å². The number of piperazine rings is 1. The lowest BCUT2D eigenvalue weighted by molar-refractivity contribution is -0.0833. The lowest BCUT2D eigenvalue weighted by Crippen LogP contribution is -2.63. The summed E-state index contributed by atoms with van der Waals surface area (Å²) in [6.45, 7) is 10.4. The highest BCUT2D eigenvalue weighted by Gasteiger charge is 2.43. The van der Waals surface area contributed by atoms with Crippen molar-refractivity contribution >= 4 is 0 Å². The summed E-state index contributed by atoms with van der Waals surface area (Å²) in [5.74, 6) is 0. The van der Waals surface area contributed by atoms with Gasteiger partial charge >= 0.3 is 0 Å². The van der Waals surface area contributed by atoms with Crippen LogP contribution in [0, 0.1) is 0 Å². The summed E-state index contributed by atoms with van der Waals surface area (Å²) in [6, 6.07) is 0.656. The average Bonchev–Trinajstić information content (AvgIpc) is 2.84. The van der Waals surface area contributed by atoms with E-state index in [9.17, 15) is 0 Å². The Kier molecular flexibility index (Phi) is 4.63. The van der Waals surface area contributed by atoms with Crippen LogP contribution in [0.15, 0.2) is 0 Å². The first-order valence-corrected chi connectivity index (χ1v) is 9.19. The Morgan fingerprint density at radius 3 is 2.62 bits per heavy atom. The van der Waals surface area contributed by atoms with Gasteiger partial charge in [0.25, 0.3) is 0 Å². The number of ether oxygens (including phenoxy) is 1. The fourth-order valence-corrected chi connectivity index (χ4v) is 4.51. The minimum absolute atomic E-state index is 0.261. The molecule has 3 aliphatic rings. The van der Waals surface area contributed by atoms with Crippen LogP contribution in [-0.2, 0) is 4.74 Å². The first-order valence-electron chi connectivity index (χ1n) is 9.19. The summed E-state index contributed by atoms with van der Waals surface area (Å²) in [4.78, 5) is 2.68. The molecule has 3 fully saturated rings. The Bertz CT molecular complexity index is 349. The van der Waals surface area contributed by atoms with Gasteiger partial charge in [0.15, 0.2) is 0 Å². The summed E-state index contributed by atoms with van der Waals surface area (Å²) in [5.41, 5.74) is 0.530. The van der Waals surface area contributed by atoms with Crippen molar-refractivity contribution in [2.75, 3.05) is 19.6 Å². The first-order chi connectivity index (χ1) is 10.0. The maximum absolute atomic E-state index is 6.59. The van der Waals surface area contributed by atoms with Gasteiger partial charge in [0, 0.05) is 31.2 Å². The lowest BCUT2D eigenvalue weighted by atomic mass is 9.83. The van der Waals surface area contributed by atoms with Gasteiger partial charge in [-0.15, -0.1) is 0 Å². The second-order valence-corrected chi connectivity index (χ2v) is 8.23. The molecule has 2 unspecified atom stereocenters. The fourth-order valence-electron chi connectivity index (χ4n) is 4.51. The fraction of sp³-hybridized carbons (Fsp3) is 1.00. The van der Waals surface area contributed by atoms with E-state index in [1.165, 1.54) is 57.9 Å². The third-order valence-corrected chi connectivity index (χ3v) is 6.14. The number of nitrogens with zero attached hydrogens (tertiary/aromatic N) is 1. The maximum Gasteiger partial charge on any atom is 0.0710 e. The molecule has 0 aromatic heterocycles. The maximum atomic E-state index is 6.59. The van der Waals surface area contributed by atoms with Gasteiger partial charge in [0.05, 0.1) is 11.7 Å². The van der Waals surface area contributed by atoms with Crippen LogP contribution < -0.4 is 5.32 Å². The van der Waals surface area contributed by atoms with Gasteiger partial charge < -0.3 is 10.1 Å². The Hall–Kier alpha value is -0.120. The normalized spacial score (nSPS) is 36.1. The molecule has 2 aliphatic heterocycles. The summed E-state index contributed by atoms with van der Waals surface area (Å²) in [6.07, 6.45) is 11.1. The summed E-state index contributed by atoms with van der Waals surface area (Å²) in [5, 5.41) is 3.69. The molecular formula is C18H34N2O. The Labute approximate surface area is 130 Å². The van der Waals surface area contributed by atoms with Crippen LogP contribution in [0.25, 0.3) is 0 Å². The molecule has 0 bridgehead atoms. The molecule has 1 saturated carbocycles. The SMILES string of the molecule is CCC1CN(CC2CCC3(CCCCC3)O2)C(C)(C)CN1. The number of rotatable bonds is 3. The largest absolute Gasteiger partial charge is 0.370 e. The molecule has 0 radical (unpaired) electrons. The molecule has 1 N–H and O–H groups in total. The zero-order valence-electron chi connectivity index (χ0n) is 14.3. The van der Waals surface area contributed by atoms with E-state index in [4.69, 9.17) is 4.74 Å². The van der Waals surface area contributed by atoms with Gasteiger partial charge in [-0.1, -0.05) is 26.2 Å². The van der Waals surface area contributed by atoms with Crippen LogP contribution in [0.3, 0.4) is 0 Å². The van der Waals surface area contributed by atoms with Gasteiger partial charge in [-0.2, -0.15) is 0 Å². The molecule has 21 heavy (non-hydrogen) atoms. The van der Waals surface area contributed by atoms with E-state index < -0.39 is 0 Å². The first kappa shape index (κ1) is 15.8. The Morgan fingerprint density at radius 2 is 1.90 bits per heavy atom. The molecule has 3 rings (SSSR count). The van der Waals surface area contributed by atoms with E-state index >= 15 is 0 Å². The van der Waals surface area contributed by atoms with Crippen molar-refractivity contribution in [2.24, 2.45) is 0 Å². The van der Waals surface area contributed by atoms with E-state index in [2.05, 4.69) is 31.0 Å². The monoisotopic (exact) mass is 294 g/mol. The van der Waals surface area contributed by atoms with Crippen LogP contribution in [-0.4, -0.2) is 47.8 Å². The molecule has 0 amide bonds. The van der Waals surface area contributed by atoms with Crippen LogP contribution in [0.5, 0.6) is 0 Å². The van der Waals surface area contributed by atoms with Crippen LogP contribution >= 0.6 is 0 Å². The predicted molar refractivity (Wildman–Crippen MR) is 87.7 cm³/mol. The van der Waals surface area contributed by atoms with Crippen molar-refractivity contribution < 1.29 is 4.74 Å². The molecule has 2 saturated heterocycles. The van der Waals surface area contributed by atoms with Crippen molar-refractivity contribution in [1.82, 2.24) is 10.2 Å². The van der Waals surface area contributed by atoms with Gasteiger partial charge in [0.2, 0.25) is 0 Å². The molecule has 3 nitrogen and oxygen atoms in total. The van der Waals surface area contributed by atoms with E-state index in [1.807, 2.05) is 0 Å². The summed E-state index contributed by atoms with van der Waals surface area (Å²) in [7, 11) is 0. The van der Waals surface area contributed by atoms with Crippen molar-refractivity contribution in [3.05, 3.63) is 0 Å². The van der Waals surface area contributed by atoms with Crippen molar-refractivity contribution in [3.8, 4) is 0 Å². The second-order valence-electron chi connectivity index (χ2n) is 8.23. The highest BCUT2D eigenvalue weighted by molar-refractivity contribution is 4.97. The topological polar surface area (TPSA) is 24.5 Å². The molecule has 2 heterocycles. The Morgan fingerprint density at radius 1 is 1.14 bits per heavy atom. The third-order valence-electron chi connectivity index (χ3n) is 6.14. The molecule has 3 heteroatoms. The van der Waals surface area contributed by atoms with Crippen molar-refractivity contribution in [2.45, 2.75) is 95.4 Å². The van der Waals surface area contributed by atoms with Gasteiger partial charge in [-0.05, 0) is 46.0 Å². The van der Waals surface area contributed by atoms with Gasteiger partial charge in [0.1, 0.15) is 0 Å². The van der Waals surface area contributed by atoms with Crippen LogP contribution in [0.1, 0.15) is 72.1 Å². The molecule has 0 aromatic carbocycles. The highest BCUT2D eigenvalue weighted by atomic mass is 16.5. The molecule has 1 spiro atoms. The highest BCUT2D eigenvalue weighted by Crippen LogP contribution is 2.42. The Balaban J connectivity index is 1.58. The number of nitrogens with one attached hydrogen (secondary N) is 1. The lowest BCUT2D eigenvalue weighted by Gasteiger charge is -2.47. The summed E-state index contributed by atoms with van der Waals surface area (Å²) < 4.78 is 6.59. The van der Waals surface area contributed by atoms with Crippen molar-refractivity contribution in [1.29, 1.82) is 0 Å². The van der Waals surface area contributed by atoms with Crippen LogP contribution in [0.2, 0.25) is 0 Å². The number of hydrogen-bond donors (Lipinski definition) is 1. The van der Waals surface area contributed by atoms with Crippen molar-refractivity contribution in [3.63, 3.8) is 0 Å².